The molecule has 2 aliphatic heterocycles. The van der Waals surface area contributed by atoms with Gasteiger partial charge in [-0.3, -0.25) is 4.79 Å². The van der Waals surface area contributed by atoms with Crippen LogP contribution in [0.25, 0.3) is 0 Å². The highest BCUT2D eigenvalue weighted by molar-refractivity contribution is 6.35. The second-order valence-corrected chi connectivity index (χ2v) is 5.81. The highest BCUT2D eigenvalue weighted by Crippen LogP contribution is 2.30. The number of ether oxygens (including phenoxy) is 2. The molecule has 1 atom stereocenters. The Morgan fingerprint density at radius 3 is 2.90 bits per heavy atom. The summed E-state index contributed by atoms with van der Waals surface area (Å²) in [7, 11) is 0. The van der Waals surface area contributed by atoms with Gasteiger partial charge in [0.2, 0.25) is 0 Å². The van der Waals surface area contributed by atoms with Crippen molar-refractivity contribution in [2.75, 3.05) is 26.4 Å². The zero-order valence-electron chi connectivity index (χ0n) is 10.9. The van der Waals surface area contributed by atoms with Gasteiger partial charge in [-0.2, -0.15) is 0 Å². The number of amides is 1. The Hall–Kier alpha value is -0.810. The van der Waals surface area contributed by atoms with E-state index in [0.717, 1.165) is 17.5 Å². The van der Waals surface area contributed by atoms with E-state index < -0.39 is 6.10 Å². The molecule has 108 valence electrons. The maximum absolute atomic E-state index is 12.4. The van der Waals surface area contributed by atoms with Gasteiger partial charge in [-0.15, -0.1) is 0 Å². The Morgan fingerprint density at radius 1 is 1.30 bits per heavy atom. The van der Waals surface area contributed by atoms with E-state index in [1.54, 1.807) is 11.0 Å². The standard InChI is InChI=1S/C14H15Cl2NO3/c15-10-5-9-7-17(2-1-11(9)12(16)6-10)14(18)13-8-19-3-4-20-13/h5-6,13H,1-4,7-8H2. The fourth-order valence-corrected chi connectivity index (χ4v) is 3.26. The molecule has 1 saturated heterocycles. The first-order valence-electron chi connectivity index (χ1n) is 6.60. The molecule has 1 fully saturated rings. The van der Waals surface area contributed by atoms with Crippen molar-refractivity contribution < 1.29 is 14.3 Å². The van der Waals surface area contributed by atoms with Crippen molar-refractivity contribution in [1.82, 2.24) is 4.90 Å². The average Bonchev–Trinajstić information content (AvgIpc) is 2.46. The van der Waals surface area contributed by atoms with Crippen molar-refractivity contribution in [3.8, 4) is 0 Å². The predicted molar refractivity (Wildman–Crippen MR) is 76.1 cm³/mol. The number of rotatable bonds is 1. The minimum absolute atomic E-state index is 0.0218. The lowest BCUT2D eigenvalue weighted by Crippen LogP contribution is -2.47. The van der Waals surface area contributed by atoms with E-state index in [1.807, 2.05) is 6.07 Å². The number of nitrogens with zero attached hydrogens (tertiary/aromatic N) is 1. The van der Waals surface area contributed by atoms with Crippen LogP contribution in [0.5, 0.6) is 0 Å². The molecule has 2 aliphatic rings. The van der Waals surface area contributed by atoms with Gasteiger partial charge in [0.15, 0.2) is 6.10 Å². The smallest absolute Gasteiger partial charge is 0.254 e. The number of carbonyl (C=O) groups is 1. The van der Waals surface area contributed by atoms with Gasteiger partial charge in [0.05, 0.1) is 19.8 Å². The molecule has 1 amide bonds. The van der Waals surface area contributed by atoms with Crippen LogP contribution >= 0.6 is 23.2 Å². The van der Waals surface area contributed by atoms with E-state index in [4.69, 9.17) is 32.7 Å². The summed E-state index contributed by atoms with van der Waals surface area (Å²) in [5, 5.41) is 1.28. The summed E-state index contributed by atoms with van der Waals surface area (Å²) in [4.78, 5) is 14.2. The summed E-state index contributed by atoms with van der Waals surface area (Å²) in [6.07, 6.45) is 0.255. The van der Waals surface area contributed by atoms with Crippen LogP contribution in [0.1, 0.15) is 11.1 Å². The van der Waals surface area contributed by atoms with E-state index in [-0.39, 0.29) is 5.91 Å². The summed E-state index contributed by atoms with van der Waals surface area (Å²) >= 11 is 12.2. The molecular formula is C14H15Cl2NO3. The van der Waals surface area contributed by atoms with E-state index in [1.165, 1.54) is 0 Å². The van der Waals surface area contributed by atoms with E-state index >= 15 is 0 Å². The van der Waals surface area contributed by atoms with Crippen LogP contribution < -0.4 is 0 Å². The summed E-state index contributed by atoms with van der Waals surface area (Å²) in [5.74, 6) is -0.0218. The number of hydrogen-bond donors (Lipinski definition) is 0. The molecule has 0 aromatic heterocycles. The van der Waals surface area contributed by atoms with E-state index in [2.05, 4.69) is 0 Å². The number of benzene rings is 1. The molecule has 1 aromatic carbocycles. The SMILES string of the molecule is O=C(C1COCCO1)N1CCc2c(Cl)cc(Cl)cc2C1. The Bertz CT molecular complexity index is 529. The van der Waals surface area contributed by atoms with Gasteiger partial charge >= 0.3 is 0 Å². The number of carbonyl (C=O) groups excluding carboxylic acids is 1. The third-order valence-electron chi connectivity index (χ3n) is 3.65. The molecule has 4 nitrogen and oxygen atoms in total. The molecule has 1 aromatic rings. The van der Waals surface area contributed by atoms with Crippen molar-refractivity contribution in [2.24, 2.45) is 0 Å². The Labute approximate surface area is 127 Å². The second kappa shape index (κ2) is 5.90. The fraction of sp³-hybridized carbons (Fsp3) is 0.500. The molecule has 0 bridgehead atoms. The Morgan fingerprint density at radius 2 is 2.15 bits per heavy atom. The third kappa shape index (κ3) is 2.79. The second-order valence-electron chi connectivity index (χ2n) is 4.97. The maximum atomic E-state index is 12.4. The van der Waals surface area contributed by atoms with Crippen LogP contribution in [0.15, 0.2) is 12.1 Å². The summed E-state index contributed by atoms with van der Waals surface area (Å²) < 4.78 is 10.7. The largest absolute Gasteiger partial charge is 0.376 e. The highest BCUT2D eigenvalue weighted by Gasteiger charge is 2.30. The van der Waals surface area contributed by atoms with Crippen molar-refractivity contribution in [2.45, 2.75) is 19.1 Å². The lowest BCUT2D eigenvalue weighted by molar-refractivity contribution is -0.158. The quantitative estimate of drug-likeness (QED) is 0.798. The van der Waals surface area contributed by atoms with Crippen LogP contribution in [0.4, 0.5) is 0 Å². The Kier molecular flexibility index (Phi) is 4.17. The lowest BCUT2D eigenvalue weighted by Gasteiger charge is -2.33. The van der Waals surface area contributed by atoms with Crippen LogP contribution in [-0.4, -0.2) is 43.3 Å². The monoisotopic (exact) mass is 315 g/mol. The van der Waals surface area contributed by atoms with Crippen LogP contribution in [0, 0.1) is 0 Å². The zero-order valence-corrected chi connectivity index (χ0v) is 12.4. The molecule has 0 spiro atoms. The number of halogens is 2. The first-order chi connectivity index (χ1) is 9.65. The van der Waals surface area contributed by atoms with Crippen molar-refractivity contribution >= 4 is 29.1 Å². The van der Waals surface area contributed by atoms with E-state index in [0.29, 0.717) is 43.0 Å². The first kappa shape index (κ1) is 14.1. The molecule has 1 unspecified atom stereocenters. The molecule has 20 heavy (non-hydrogen) atoms. The molecule has 6 heteroatoms. The van der Waals surface area contributed by atoms with Gasteiger partial charge in [-0.1, -0.05) is 23.2 Å². The molecule has 0 aliphatic carbocycles. The molecule has 0 N–H and O–H groups in total. The minimum Gasteiger partial charge on any atom is -0.376 e. The predicted octanol–water partition coefficient (Wildman–Crippen LogP) is 2.29. The molecule has 0 radical (unpaired) electrons. The van der Waals surface area contributed by atoms with Crippen LogP contribution in [0.2, 0.25) is 10.0 Å². The first-order valence-corrected chi connectivity index (χ1v) is 7.35. The molecular weight excluding hydrogens is 301 g/mol. The molecule has 2 heterocycles. The normalized spacial score (nSPS) is 22.5. The summed E-state index contributed by atoms with van der Waals surface area (Å²) in [6, 6.07) is 3.62. The van der Waals surface area contributed by atoms with Crippen LogP contribution in [-0.2, 0) is 27.2 Å². The fourth-order valence-electron chi connectivity index (χ4n) is 2.63. The van der Waals surface area contributed by atoms with Crippen molar-refractivity contribution in [3.05, 3.63) is 33.3 Å². The highest BCUT2D eigenvalue weighted by atomic mass is 35.5. The number of hydrogen-bond acceptors (Lipinski definition) is 3. The number of fused-ring (bicyclic) bond motifs is 1. The summed E-state index contributed by atoms with van der Waals surface area (Å²) in [6.45, 7) is 2.52. The third-order valence-corrected chi connectivity index (χ3v) is 4.20. The van der Waals surface area contributed by atoms with Gasteiger partial charge in [0.1, 0.15) is 0 Å². The van der Waals surface area contributed by atoms with Gasteiger partial charge in [0.25, 0.3) is 5.91 Å². The van der Waals surface area contributed by atoms with Gasteiger partial charge in [-0.05, 0) is 29.7 Å². The lowest BCUT2D eigenvalue weighted by atomic mass is 9.99. The van der Waals surface area contributed by atoms with Gasteiger partial charge < -0.3 is 14.4 Å². The topological polar surface area (TPSA) is 38.8 Å². The maximum Gasteiger partial charge on any atom is 0.254 e. The minimum atomic E-state index is -0.486. The van der Waals surface area contributed by atoms with Crippen molar-refractivity contribution in [1.29, 1.82) is 0 Å². The average molecular weight is 316 g/mol. The van der Waals surface area contributed by atoms with Crippen molar-refractivity contribution in [3.63, 3.8) is 0 Å². The molecule has 3 rings (SSSR count). The molecule has 0 saturated carbocycles. The van der Waals surface area contributed by atoms with E-state index in [9.17, 15) is 4.79 Å². The Balaban J connectivity index is 1.76. The summed E-state index contributed by atoms with van der Waals surface area (Å²) in [5.41, 5.74) is 2.10. The van der Waals surface area contributed by atoms with Gasteiger partial charge in [-0.25, -0.2) is 0 Å². The van der Waals surface area contributed by atoms with Gasteiger partial charge in [0, 0.05) is 23.1 Å². The zero-order chi connectivity index (χ0) is 14.1. The van der Waals surface area contributed by atoms with Crippen LogP contribution in [0.3, 0.4) is 0 Å².